The molecule has 8 rings (SSSR count). The SMILES string of the molecule is N[C@@H]1CCCC[C@H]1N=C(c1ccccc1)c1c2ccc(c1O)CCc1ccc(cc1)CC2. The van der Waals surface area contributed by atoms with Crippen molar-refractivity contribution in [2.45, 2.75) is 63.5 Å². The molecule has 3 N–H and O–H groups in total. The maximum absolute atomic E-state index is 11.5. The van der Waals surface area contributed by atoms with Gasteiger partial charge in [-0.1, -0.05) is 79.6 Å². The van der Waals surface area contributed by atoms with Crippen molar-refractivity contribution in [3.05, 3.63) is 100 Å². The van der Waals surface area contributed by atoms with Crippen LogP contribution in [0.2, 0.25) is 0 Å². The second-order valence-electron chi connectivity index (χ2n) is 9.28. The minimum atomic E-state index is 0.0831. The van der Waals surface area contributed by atoms with Gasteiger partial charge < -0.3 is 10.8 Å². The van der Waals surface area contributed by atoms with E-state index in [4.69, 9.17) is 10.7 Å². The van der Waals surface area contributed by atoms with Gasteiger partial charge in [0.15, 0.2) is 0 Å². The molecule has 5 aliphatic rings. The largest absolute Gasteiger partial charge is 0.507 e. The zero-order chi connectivity index (χ0) is 21.9. The molecule has 0 spiro atoms. The van der Waals surface area contributed by atoms with Crippen LogP contribution in [0, 0.1) is 0 Å². The van der Waals surface area contributed by atoms with Crippen molar-refractivity contribution in [3.63, 3.8) is 0 Å². The van der Waals surface area contributed by atoms with E-state index in [1.807, 2.05) is 18.2 Å². The molecule has 0 heterocycles. The molecule has 3 heteroatoms. The normalized spacial score (nSPS) is 21.2. The third-order valence-electron chi connectivity index (χ3n) is 7.10. The summed E-state index contributed by atoms with van der Waals surface area (Å²) in [5, 5.41) is 11.5. The van der Waals surface area contributed by atoms with Crippen LogP contribution in [0.4, 0.5) is 0 Å². The number of phenols is 1. The van der Waals surface area contributed by atoms with Gasteiger partial charge in [0, 0.05) is 17.2 Å². The summed E-state index contributed by atoms with van der Waals surface area (Å²) in [6.45, 7) is 0. The number of aryl methyl sites for hydroxylation is 4. The molecule has 0 radical (unpaired) electrons. The van der Waals surface area contributed by atoms with E-state index >= 15 is 0 Å². The summed E-state index contributed by atoms with van der Waals surface area (Å²) in [5.74, 6) is 0.393. The highest BCUT2D eigenvalue weighted by Gasteiger charge is 2.25. The standard InChI is InChI=1S/C29H32N2O/c30-25-8-4-5-9-26(25)31-28(23-6-2-1-3-7-23)27-22-16-14-20-10-12-21(13-11-20)15-17-24(19-18-22)29(27)32/h1-3,6-7,10-13,18-19,25-26,32H,4-5,8-9,14-17,30H2/t25-,26-/m1/s1. The van der Waals surface area contributed by atoms with Crippen molar-refractivity contribution in [1.29, 1.82) is 0 Å². The smallest absolute Gasteiger partial charge is 0.128 e. The first-order valence-electron chi connectivity index (χ1n) is 12.0. The van der Waals surface area contributed by atoms with Crippen LogP contribution < -0.4 is 5.73 Å². The van der Waals surface area contributed by atoms with Gasteiger partial charge in [-0.2, -0.15) is 0 Å². The zero-order valence-electron chi connectivity index (χ0n) is 18.6. The van der Waals surface area contributed by atoms with E-state index in [9.17, 15) is 5.11 Å². The van der Waals surface area contributed by atoms with E-state index < -0.39 is 0 Å². The lowest BCUT2D eigenvalue weighted by molar-refractivity contribution is 0.386. The lowest BCUT2D eigenvalue weighted by atomic mass is 9.87. The zero-order valence-corrected chi connectivity index (χ0v) is 18.6. The third kappa shape index (κ3) is 4.35. The first-order valence-corrected chi connectivity index (χ1v) is 12.0. The highest BCUT2D eigenvalue weighted by molar-refractivity contribution is 6.15. The average molecular weight is 425 g/mol. The summed E-state index contributed by atoms with van der Waals surface area (Å²) in [6.07, 6.45) is 7.91. The van der Waals surface area contributed by atoms with E-state index in [-0.39, 0.29) is 12.1 Å². The van der Waals surface area contributed by atoms with Crippen molar-refractivity contribution >= 4 is 5.71 Å². The summed E-state index contributed by atoms with van der Waals surface area (Å²) in [5.41, 5.74) is 14.1. The first kappa shape index (κ1) is 21.0. The number of phenolic OH excluding ortho intramolecular Hbond substituents is 1. The van der Waals surface area contributed by atoms with Crippen LogP contribution >= 0.6 is 0 Å². The molecule has 0 aromatic heterocycles. The Morgan fingerprint density at radius 3 is 2.06 bits per heavy atom. The molecule has 3 aromatic carbocycles. The maximum Gasteiger partial charge on any atom is 0.128 e. The highest BCUT2D eigenvalue weighted by atomic mass is 16.3. The minimum Gasteiger partial charge on any atom is -0.507 e. The van der Waals surface area contributed by atoms with Gasteiger partial charge >= 0.3 is 0 Å². The Bertz CT molecular complexity index is 1100. The van der Waals surface area contributed by atoms with Crippen LogP contribution in [-0.4, -0.2) is 22.9 Å². The van der Waals surface area contributed by atoms with Gasteiger partial charge in [-0.15, -0.1) is 0 Å². The summed E-state index contributed by atoms with van der Waals surface area (Å²) in [7, 11) is 0. The third-order valence-corrected chi connectivity index (χ3v) is 7.10. The van der Waals surface area contributed by atoms with Crippen LogP contribution in [0.5, 0.6) is 5.75 Å². The quantitative estimate of drug-likeness (QED) is 0.554. The molecule has 164 valence electrons. The summed E-state index contributed by atoms with van der Waals surface area (Å²) >= 11 is 0. The topological polar surface area (TPSA) is 58.6 Å². The number of aliphatic imine (C=N–C) groups is 1. The fraction of sp³-hybridized carbons (Fsp3) is 0.345. The molecule has 4 bridgehead atoms. The first-order chi connectivity index (χ1) is 15.7. The number of rotatable bonds is 3. The van der Waals surface area contributed by atoms with Gasteiger partial charge in [0.2, 0.25) is 0 Å². The van der Waals surface area contributed by atoms with Crippen molar-refractivity contribution in [2.24, 2.45) is 10.7 Å². The summed E-state index contributed by atoms with van der Waals surface area (Å²) in [6, 6.07) is 23.8. The molecule has 0 unspecified atom stereocenters. The van der Waals surface area contributed by atoms with Crippen LogP contribution in [0.3, 0.4) is 0 Å². The molecule has 3 aromatic rings. The Balaban J connectivity index is 1.65. The highest BCUT2D eigenvalue weighted by Crippen LogP contribution is 2.33. The van der Waals surface area contributed by atoms with Crippen molar-refractivity contribution in [3.8, 4) is 5.75 Å². The number of benzene rings is 3. The molecule has 0 saturated heterocycles. The number of aromatic hydroxyl groups is 1. The minimum absolute atomic E-state index is 0.0831. The van der Waals surface area contributed by atoms with Crippen LogP contribution in [0.15, 0.2) is 71.7 Å². The number of nitrogens with zero attached hydrogens (tertiary/aromatic N) is 1. The molecular weight excluding hydrogens is 392 g/mol. The van der Waals surface area contributed by atoms with E-state index in [1.54, 1.807) is 0 Å². The van der Waals surface area contributed by atoms with Gasteiger partial charge in [0.05, 0.1) is 11.8 Å². The summed E-state index contributed by atoms with van der Waals surface area (Å²) in [4.78, 5) is 5.26. The molecule has 1 fully saturated rings. The fourth-order valence-corrected chi connectivity index (χ4v) is 5.13. The molecule has 0 aliphatic heterocycles. The Morgan fingerprint density at radius 2 is 1.38 bits per heavy atom. The van der Waals surface area contributed by atoms with Crippen molar-refractivity contribution in [2.75, 3.05) is 0 Å². The lowest BCUT2D eigenvalue weighted by Gasteiger charge is -2.27. The Morgan fingerprint density at radius 1 is 0.750 bits per heavy atom. The monoisotopic (exact) mass is 424 g/mol. The van der Waals surface area contributed by atoms with E-state index in [0.29, 0.717) is 5.75 Å². The van der Waals surface area contributed by atoms with Gasteiger partial charge in [-0.25, -0.2) is 0 Å². The molecule has 32 heavy (non-hydrogen) atoms. The van der Waals surface area contributed by atoms with Gasteiger partial charge in [-0.3, -0.25) is 4.99 Å². The van der Waals surface area contributed by atoms with Crippen LogP contribution in [0.25, 0.3) is 0 Å². The molecule has 3 nitrogen and oxygen atoms in total. The fourth-order valence-electron chi connectivity index (χ4n) is 5.13. The lowest BCUT2D eigenvalue weighted by Crippen LogP contribution is -2.37. The molecule has 0 amide bonds. The number of nitrogens with two attached hydrogens (primary N) is 1. The van der Waals surface area contributed by atoms with Gasteiger partial charge in [0.1, 0.15) is 5.75 Å². The number of hydrogen-bond donors (Lipinski definition) is 2. The molecule has 2 atom stereocenters. The second-order valence-corrected chi connectivity index (χ2v) is 9.28. The predicted molar refractivity (Wildman–Crippen MR) is 132 cm³/mol. The predicted octanol–water partition coefficient (Wildman–Crippen LogP) is 5.38. The van der Waals surface area contributed by atoms with E-state index in [0.717, 1.165) is 66.5 Å². The molecule has 1 saturated carbocycles. The van der Waals surface area contributed by atoms with Gasteiger partial charge in [-0.05, 0) is 60.8 Å². The van der Waals surface area contributed by atoms with Gasteiger partial charge in [0.25, 0.3) is 0 Å². The Hall–Kier alpha value is -2.91. The van der Waals surface area contributed by atoms with Crippen molar-refractivity contribution < 1.29 is 5.11 Å². The van der Waals surface area contributed by atoms with Crippen LogP contribution in [-0.2, 0) is 25.7 Å². The maximum atomic E-state index is 11.5. The van der Waals surface area contributed by atoms with E-state index in [1.165, 1.54) is 24.0 Å². The average Bonchev–Trinajstić information content (AvgIpc) is 2.82. The molecule has 5 aliphatic carbocycles. The summed E-state index contributed by atoms with van der Waals surface area (Å²) < 4.78 is 0. The van der Waals surface area contributed by atoms with Crippen LogP contribution in [0.1, 0.15) is 59.1 Å². The Labute approximate surface area is 191 Å². The van der Waals surface area contributed by atoms with E-state index in [2.05, 4.69) is 48.5 Å². The number of hydrogen-bond acceptors (Lipinski definition) is 3. The second kappa shape index (κ2) is 9.30. The molecular formula is C29H32N2O. The van der Waals surface area contributed by atoms with Crippen molar-refractivity contribution in [1.82, 2.24) is 0 Å². The Kier molecular flexibility index (Phi) is 6.09.